The zero-order valence-corrected chi connectivity index (χ0v) is 23.2. The minimum Gasteiger partial charge on any atom is -0.480 e. The van der Waals surface area contributed by atoms with Crippen LogP contribution in [-0.2, 0) is 39.3 Å². The van der Waals surface area contributed by atoms with Gasteiger partial charge in [0.25, 0.3) is 5.91 Å². The smallest absolute Gasteiger partial charge is 0.480 e. The van der Waals surface area contributed by atoms with Crippen molar-refractivity contribution >= 4 is 32.1 Å². The summed E-state index contributed by atoms with van der Waals surface area (Å²) in [5.41, 5.74) is -1.03. The molecule has 1 aliphatic heterocycles. The summed E-state index contributed by atoms with van der Waals surface area (Å²) in [4.78, 5) is 58.4. The van der Waals surface area contributed by atoms with Crippen LogP contribution in [0, 0.1) is 5.41 Å². The number of benzene rings is 1. The van der Waals surface area contributed by atoms with Gasteiger partial charge in [-0.15, -0.1) is 9.05 Å². The Kier molecular flexibility index (Phi) is 10.4. The van der Waals surface area contributed by atoms with Gasteiger partial charge in [-0.3, -0.25) is 14.1 Å². The number of ether oxygens (including phenoxy) is 2. The first-order valence-electron chi connectivity index (χ1n) is 11.8. The van der Waals surface area contributed by atoms with Gasteiger partial charge in [-0.2, -0.15) is 4.89 Å². The van der Waals surface area contributed by atoms with Crippen LogP contribution in [0.15, 0.2) is 24.3 Å². The second kappa shape index (κ2) is 12.7. The second-order valence-electron chi connectivity index (χ2n) is 10.3. The maximum absolute atomic E-state index is 12.7. The summed E-state index contributed by atoms with van der Waals surface area (Å²) in [6, 6.07) is 4.81. The molecular formula is C24H36N2O11P+. The van der Waals surface area contributed by atoms with Crippen LogP contribution < -0.4 is 15.2 Å². The molecule has 0 radical (unpaired) electrons. The normalized spacial score (nSPS) is 21.5. The summed E-state index contributed by atoms with van der Waals surface area (Å²) in [5.74, 6) is -2.11. The summed E-state index contributed by atoms with van der Waals surface area (Å²) < 4.78 is 26.3. The first-order valence-corrected chi connectivity index (χ1v) is 13.3. The SMILES string of the molecule is COC(=O)CCNC(=O)[C@@H]1O[P+](O)(Oc2ccc(C[C@H](NC(=O)OC(C)(C)C)C(=O)O)cc2)OCC1(C)C. The third-order valence-electron chi connectivity index (χ3n) is 5.22. The average molecular weight is 560 g/mol. The summed E-state index contributed by atoms with van der Waals surface area (Å²) in [6.07, 6.45) is -2.04. The molecule has 14 heteroatoms. The third kappa shape index (κ3) is 9.71. The van der Waals surface area contributed by atoms with Crippen LogP contribution in [0.2, 0.25) is 0 Å². The molecule has 2 amide bonds. The molecular weight excluding hydrogens is 523 g/mol. The van der Waals surface area contributed by atoms with E-state index in [4.69, 9.17) is 18.3 Å². The van der Waals surface area contributed by atoms with Gasteiger partial charge in [0.1, 0.15) is 18.2 Å². The molecule has 38 heavy (non-hydrogen) atoms. The molecule has 0 spiro atoms. The molecule has 0 aliphatic carbocycles. The van der Waals surface area contributed by atoms with Gasteiger partial charge in [0.2, 0.25) is 0 Å². The number of hydrogen-bond acceptors (Lipinski definition) is 10. The van der Waals surface area contributed by atoms with E-state index >= 15 is 0 Å². The number of carboxylic acids is 1. The number of rotatable bonds is 10. The predicted molar refractivity (Wildman–Crippen MR) is 135 cm³/mol. The van der Waals surface area contributed by atoms with Crippen LogP contribution in [0.3, 0.4) is 0 Å². The lowest BCUT2D eigenvalue weighted by molar-refractivity contribution is -0.143. The van der Waals surface area contributed by atoms with Crippen molar-refractivity contribution in [2.75, 3.05) is 20.3 Å². The Bertz CT molecular complexity index is 1010. The van der Waals surface area contributed by atoms with Gasteiger partial charge >= 0.3 is 26.2 Å². The van der Waals surface area contributed by atoms with E-state index in [1.165, 1.54) is 19.2 Å². The van der Waals surface area contributed by atoms with Crippen molar-refractivity contribution in [3.63, 3.8) is 0 Å². The van der Waals surface area contributed by atoms with E-state index < -0.39 is 55.3 Å². The van der Waals surface area contributed by atoms with E-state index in [0.717, 1.165) is 0 Å². The number of amides is 2. The minimum atomic E-state index is -3.95. The number of nitrogens with one attached hydrogen (secondary N) is 2. The standard InChI is InChI=1S/C24H35N2O11P/c1-23(2,3)35-22(31)26-17(21(29)30)13-15-7-9-16(10-8-15)36-38(32)34-14-24(4,5)19(37-38)20(28)25-12-11-18(27)33-6/h7-10,17,19,32H,11-14H2,1-6H3,(H2-,25,26,28,29,30,31)/p+1/t17-,19-,38?/m0/s1. The fraction of sp³-hybridized carbons (Fsp3) is 0.583. The maximum Gasteiger partial charge on any atom is 0.619 e. The Morgan fingerprint density at radius 2 is 1.82 bits per heavy atom. The van der Waals surface area contributed by atoms with Crippen molar-refractivity contribution in [2.45, 2.75) is 65.2 Å². The van der Waals surface area contributed by atoms with Crippen LogP contribution in [0.4, 0.5) is 4.79 Å². The summed E-state index contributed by atoms with van der Waals surface area (Å²) >= 11 is 0. The molecule has 1 saturated heterocycles. The Labute approximate surface area is 221 Å². The fourth-order valence-corrected chi connectivity index (χ4v) is 4.96. The van der Waals surface area contributed by atoms with Crippen LogP contribution >= 0.6 is 8.17 Å². The fourth-order valence-electron chi connectivity index (χ4n) is 3.27. The topological polar surface area (TPSA) is 179 Å². The van der Waals surface area contributed by atoms with Gasteiger partial charge in [-0.1, -0.05) is 26.0 Å². The Morgan fingerprint density at radius 1 is 1.18 bits per heavy atom. The molecule has 0 aromatic heterocycles. The van der Waals surface area contributed by atoms with E-state index in [0.29, 0.717) is 5.56 Å². The Hall–Kier alpha value is -2.99. The van der Waals surface area contributed by atoms with Gasteiger partial charge in [-0.05, 0) is 38.5 Å². The molecule has 1 aromatic carbocycles. The molecule has 1 unspecified atom stereocenters. The van der Waals surface area contributed by atoms with Gasteiger partial charge in [0.05, 0.1) is 13.5 Å². The van der Waals surface area contributed by atoms with Crippen LogP contribution in [0.25, 0.3) is 0 Å². The molecule has 1 fully saturated rings. The van der Waals surface area contributed by atoms with E-state index in [2.05, 4.69) is 15.4 Å². The van der Waals surface area contributed by atoms with Crippen molar-refractivity contribution < 1.29 is 52.2 Å². The number of esters is 1. The van der Waals surface area contributed by atoms with Crippen molar-refractivity contribution in [1.82, 2.24) is 10.6 Å². The largest absolute Gasteiger partial charge is 0.619 e. The van der Waals surface area contributed by atoms with Gasteiger partial charge in [-0.25, -0.2) is 9.59 Å². The van der Waals surface area contributed by atoms with Gasteiger partial charge in [0, 0.05) is 18.4 Å². The van der Waals surface area contributed by atoms with Gasteiger partial charge < -0.3 is 25.2 Å². The molecule has 4 N–H and O–H groups in total. The quantitative estimate of drug-likeness (QED) is 0.244. The summed E-state index contributed by atoms with van der Waals surface area (Å²) in [6.45, 7) is 8.43. The molecule has 3 atom stereocenters. The number of alkyl carbamates (subject to hydrolysis) is 1. The Balaban J connectivity index is 2.02. The number of aliphatic carboxylic acids is 1. The first kappa shape index (κ1) is 31.2. The van der Waals surface area contributed by atoms with Crippen LogP contribution in [0.1, 0.15) is 46.6 Å². The van der Waals surface area contributed by atoms with Crippen LogP contribution in [-0.4, -0.2) is 71.9 Å². The average Bonchev–Trinajstić information content (AvgIpc) is 2.80. The first-order chi connectivity index (χ1) is 17.5. The van der Waals surface area contributed by atoms with Crippen molar-refractivity contribution in [3.8, 4) is 5.75 Å². The lowest BCUT2D eigenvalue weighted by Crippen LogP contribution is -2.51. The molecule has 13 nitrogen and oxygen atoms in total. The zero-order valence-electron chi connectivity index (χ0n) is 22.3. The molecule has 1 heterocycles. The third-order valence-corrected chi connectivity index (χ3v) is 6.59. The van der Waals surface area contributed by atoms with E-state index in [1.54, 1.807) is 46.8 Å². The molecule has 0 saturated carbocycles. The molecule has 1 aliphatic rings. The molecule has 212 valence electrons. The summed E-state index contributed by atoms with van der Waals surface area (Å²) in [7, 11) is -2.70. The zero-order chi connectivity index (χ0) is 28.7. The number of carbonyl (C=O) groups excluding carboxylic acids is 3. The van der Waals surface area contributed by atoms with Crippen LogP contribution in [0.5, 0.6) is 5.75 Å². The lowest BCUT2D eigenvalue weighted by Gasteiger charge is -2.36. The Morgan fingerprint density at radius 3 is 2.37 bits per heavy atom. The van der Waals surface area contributed by atoms with Crippen molar-refractivity contribution in [3.05, 3.63) is 29.8 Å². The number of carbonyl (C=O) groups is 4. The predicted octanol–water partition coefficient (Wildman–Crippen LogP) is 2.38. The van der Waals surface area contributed by atoms with Crippen molar-refractivity contribution in [1.29, 1.82) is 0 Å². The number of methoxy groups -OCH3 is 1. The number of carboxylic acid groups (broad SMARTS) is 1. The van der Waals surface area contributed by atoms with Gasteiger partial charge in [0.15, 0.2) is 11.9 Å². The second-order valence-corrected chi connectivity index (χ2v) is 11.9. The summed E-state index contributed by atoms with van der Waals surface area (Å²) in [5, 5.41) is 14.4. The molecule has 0 bridgehead atoms. The molecule has 1 aromatic rings. The number of hydrogen-bond donors (Lipinski definition) is 4. The highest BCUT2D eigenvalue weighted by atomic mass is 31.2. The monoisotopic (exact) mass is 559 g/mol. The maximum atomic E-state index is 12.7. The lowest BCUT2D eigenvalue weighted by atomic mass is 9.87. The van der Waals surface area contributed by atoms with E-state index in [1.807, 2.05) is 0 Å². The van der Waals surface area contributed by atoms with E-state index in [9.17, 15) is 29.2 Å². The van der Waals surface area contributed by atoms with Crippen molar-refractivity contribution in [2.24, 2.45) is 5.41 Å². The molecule has 2 rings (SSSR count). The minimum absolute atomic E-state index is 0.0236. The van der Waals surface area contributed by atoms with E-state index in [-0.39, 0.29) is 31.7 Å². The highest BCUT2D eigenvalue weighted by molar-refractivity contribution is 7.56. The highest BCUT2D eigenvalue weighted by Crippen LogP contribution is 2.63. The highest BCUT2D eigenvalue weighted by Gasteiger charge is 2.60.